The molecule has 0 bridgehead atoms. The summed E-state index contributed by atoms with van der Waals surface area (Å²) in [5.74, 6) is 1.62. The maximum atomic E-state index is 11.3. The van der Waals surface area contributed by atoms with Crippen molar-refractivity contribution < 1.29 is 9.53 Å². The second-order valence-corrected chi connectivity index (χ2v) is 4.69. The van der Waals surface area contributed by atoms with Crippen LogP contribution in [-0.2, 0) is 4.79 Å². The van der Waals surface area contributed by atoms with E-state index in [9.17, 15) is 4.79 Å². The molecule has 3 rings (SSSR count). The summed E-state index contributed by atoms with van der Waals surface area (Å²) in [5.41, 5.74) is 0.726. The number of carbonyl (C=O) groups is 1. The van der Waals surface area contributed by atoms with Gasteiger partial charge in [-0.1, -0.05) is 6.92 Å². The molecule has 1 amide bonds. The molecule has 3 aromatic rings. The first kappa shape index (κ1) is 14.7. The molecule has 2 aromatic heterocycles. The van der Waals surface area contributed by atoms with Gasteiger partial charge >= 0.3 is 0 Å². The van der Waals surface area contributed by atoms with Crippen LogP contribution in [0, 0.1) is 0 Å². The summed E-state index contributed by atoms with van der Waals surface area (Å²) in [6.07, 6.45) is 5.32. The highest BCUT2D eigenvalue weighted by atomic mass is 16.5. The molecule has 2 heterocycles. The molecule has 0 saturated carbocycles. The first-order chi connectivity index (χ1) is 11.2. The number of hydrogen-bond acceptors (Lipinski definition) is 5. The molecule has 7 nitrogen and oxygen atoms in total. The SMILES string of the molecule is CCC(=O)Nc1ccc(Oc2cc(-n3cccn3)ncn2)cc1. The lowest BCUT2D eigenvalue weighted by atomic mass is 10.3. The van der Waals surface area contributed by atoms with E-state index in [0.29, 0.717) is 23.9 Å². The van der Waals surface area contributed by atoms with Crippen LogP contribution in [0.15, 0.2) is 55.1 Å². The van der Waals surface area contributed by atoms with E-state index in [0.717, 1.165) is 5.69 Å². The lowest BCUT2D eigenvalue weighted by molar-refractivity contribution is -0.115. The Hall–Kier alpha value is -3.22. The predicted octanol–water partition coefficient (Wildman–Crippen LogP) is 2.80. The molecule has 1 N–H and O–H groups in total. The van der Waals surface area contributed by atoms with Crippen LogP contribution in [0.4, 0.5) is 5.69 Å². The van der Waals surface area contributed by atoms with Gasteiger partial charge in [-0.15, -0.1) is 0 Å². The standard InChI is InChI=1S/C16H15N5O2/c1-2-15(22)20-12-4-6-13(7-5-12)23-16-10-14(17-11-18-16)21-9-3-8-19-21/h3-11H,2H2,1H3,(H,20,22). The molecule has 0 fully saturated rings. The van der Waals surface area contributed by atoms with Gasteiger partial charge < -0.3 is 10.1 Å². The van der Waals surface area contributed by atoms with Crippen LogP contribution in [0.5, 0.6) is 11.6 Å². The number of nitrogens with one attached hydrogen (secondary N) is 1. The molecule has 0 spiro atoms. The summed E-state index contributed by atoms with van der Waals surface area (Å²) >= 11 is 0. The number of hydrogen-bond donors (Lipinski definition) is 1. The predicted molar refractivity (Wildman–Crippen MR) is 84.6 cm³/mol. The first-order valence-corrected chi connectivity index (χ1v) is 7.14. The van der Waals surface area contributed by atoms with Crippen LogP contribution in [0.3, 0.4) is 0 Å². The Kier molecular flexibility index (Phi) is 4.28. The largest absolute Gasteiger partial charge is 0.439 e. The Morgan fingerprint density at radius 2 is 2.09 bits per heavy atom. The van der Waals surface area contributed by atoms with Crippen molar-refractivity contribution in [2.24, 2.45) is 0 Å². The Balaban J connectivity index is 1.72. The van der Waals surface area contributed by atoms with Crippen molar-refractivity contribution in [3.8, 4) is 17.4 Å². The monoisotopic (exact) mass is 309 g/mol. The van der Waals surface area contributed by atoms with E-state index in [1.54, 1.807) is 54.3 Å². The molecule has 116 valence electrons. The van der Waals surface area contributed by atoms with Crippen LogP contribution in [0.2, 0.25) is 0 Å². The second kappa shape index (κ2) is 6.69. The van der Waals surface area contributed by atoms with Crippen LogP contribution in [0.1, 0.15) is 13.3 Å². The second-order valence-electron chi connectivity index (χ2n) is 4.69. The molecule has 0 radical (unpaired) electrons. The summed E-state index contributed by atoms with van der Waals surface area (Å²) in [7, 11) is 0. The normalized spacial score (nSPS) is 10.3. The average molecular weight is 309 g/mol. The maximum absolute atomic E-state index is 11.3. The maximum Gasteiger partial charge on any atom is 0.224 e. The van der Waals surface area contributed by atoms with Crippen molar-refractivity contribution in [2.75, 3.05) is 5.32 Å². The fourth-order valence-corrected chi connectivity index (χ4v) is 1.89. The zero-order chi connectivity index (χ0) is 16.1. The van der Waals surface area contributed by atoms with Crippen LogP contribution < -0.4 is 10.1 Å². The third-order valence-corrected chi connectivity index (χ3v) is 3.05. The van der Waals surface area contributed by atoms with E-state index in [1.165, 1.54) is 6.33 Å². The highest BCUT2D eigenvalue weighted by Gasteiger charge is 2.04. The summed E-state index contributed by atoms with van der Waals surface area (Å²) < 4.78 is 7.32. The Labute approximate surface area is 133 Å². The summed E-state index contributed by atoms with van der Waals surface area (Å²) in [6, 6.07) is 10.6. The number of benzene rings is 1. The molecule has 0 unspecified atom stereocenters. The van der Waals surface area contributed by atoms with Gasteiger partial charge in [0, 0.05) is 30.6 Å². The van der Waals surface area contributed by atoms with Gasteiger partial charge in [0.2, 0.25) is 11.8 Å². The van der Waals surface area contributed by atoms with E-state index >= 15 is 0 Å². The summed E-state index contributed by atoms with van der Waals surface area (Å²) in [4.78, 5) is 19.6. The van der Waals surface area contributed by atoms with Crippen LogP contribution >= 0.6 is 0 Å². The lowest BCUT2D eigenvalue weighted by Gasteiger charge is -2.07. The smallest absolute Gasteiger partial charge is 0.224 e. The van der Waals surface area contributed by atoms with E-state index in [-0.39, 0.29) is 5.91 Å². The van der Waals surface area contributed by atoms with E-state index < -0.39 is 0 Å². The van der Waals surface area contributed by atoms with Crippen molar-refractivity contribution in [2.45, 2.75) is 13.3 Å². The van der Waals surface area contributed by atoms with Gasteiger partial charge in [0.05, 0.1) is 0 Å². The molecule has 0 aliphatic rings. The van der Waals surface area contributed by atoms with Crippen molar-refractivity contribution >= 4 is 11.6 Å². The van der Waals surface area contributed by atoms with Gasteiger partial charge in [-0.3, -0.25) is 4.79 Å². The highest BCUT2D eigenvalue weighted by Crippen LogP contribution is 2.22. The lowest BCUT2D eigenvalue weighted by Crippen LogP contribution is -2.09. The van der Waals surface area contributed by atoms with Crippen LogP contribution in [-0.4, -0.2) is 25.7 Å². The molecular weight excluding hydrogens is 294 g/mol. The number of carbonyl (C=O) groups excluding carboxylic acids is 1. The molecule has 23 heavy (non-hydrogen) atoms. The van der Waals surface area contributed by atoms with E-state index in [1.807, 2.05) is 6.07 Å². The number of anilines is 1. The number of rotatable bonds is 5. The van der Waals surface area contributed by atoms with Gasteiger partial charge in [-0.05, 0) is 30.3 Å². The third kappa shape index (κ3) is 3.70. The first-order valence-electron chi connectivity index (χ1n) is 7.14. The average Bonchev–Trinajstić information content (AvgIpc) is 3.11. The van der Waals surface area contributed by atoms with Crippen molar-refractivity contribution in [3.63, 3.8) is 0 Å². The Bertz CT molecular complexity index is 784. The zero-order valence-electron chi connectivity index (χ0n) is 12.5. The third-order valence-electron chi connectivity index (χ3n) is 3.05. The van der Waals surface area contributed by atoms with E-state index in [2.05, 4.69) is 20.4 Å². The number of amides is 1. The van der Waals surface area contributed by atoms with Crippen molar-refractivity contribution in [3.05, 3.63) is 55.1 Å². The van der Waals surface area contributed by atoms with Crippen molar-refractivity contribution in [1.82, 2.24) is 19.7 Å². The fourth-order valence-electron chi connectivity index (χ4n) is 1.89. The molecule has 0 atom stereocenters. The summed E-state index contributed by atoms with van der Waals surface area (Å²) in [6.45, 7) is 1.80. The van der Waals surface area contributed by atoms with E-state index in [4.69, 9.17) is 4.74 Å². The van der Waals surface area contributed by atoms with Gasteiger partial charge in [0.15, 0.2) is 5.82 Å². The van der Waals surface area contributed by atoms with Gasteiger partial charge in [0.25, 0.3) is 0 Å². The Morgan fingerprint density at radius 1 is 1.26 bits per heavy atom. The minimum Gasteiger partial charge on any atom is -0.439 e. The minimum atomic E-state index is -0.0293. The Morgan fingerprint density at radius 3 is 2.78 bits per heavy atom. The summed E-state index contributed by atoms with van der Waals surface area (Å²) in [5, 5.41) is 6.89. The molecule has 0 aliphatic heterocycles. The topological polar surface area (TPSA) is 81.9 Å². The number of aromatic nitrogens is 4. The van der Waals surface area contributed by atoms with Gasteiger partial charge in [-0.25, -0.2) is 14.6 Å². The van der Waals surface area contributed by atoms with Gasteiger partial charge in [-0.2, -0.15) is 5.10 Å². The molecule has 0 saturated heterocycles. The molecule has 7 heteroatoms. The zero-order valence-corrected chi connectivity index (χ0v) is 12.5. The molecule has 0 aliphatic carbocycles. The van der Waals surface area contributed by atoms with Gasteiger partial charge in [0.1, 0.15) is 12.1 Å². The number of ether oxygens (including phenoxy) is 1. The molecular formula is C16H15N5O2. The molecule has 1 aromatic carbocycles. The number of nitrogens with zero attached hydrogens (tertiary/aromatic N) is 4. The minimum absolute atomic E-state index is 0.0293. The van der Waals surface area contributed by atoms with Crippen molar-refractivity contribution in [1.29, 1.82) is 0 Å². The highest BCUT2D eigenvalue weighted by molar-refractivity contribution is 5.90. The fraction of sp³-hybridized carbons (Fsp3) is 0.125. The van der Waals surface area contributed by atoms with Crippen LogP contribution in [0.25, 0.3) is 5.82 Å². The quantitative estimate of drug-likeness (QED) is 0.783.